The second-order valence-electron chi connectivity index (χ2n) is 6.29. The van der Waals surface area contributed by atoms with Crippen LogP contribution in [0.15, 0.2) is 48.7 Å². The van der Waals surface area contributed by atoms with Gasteiger partial charge in [-0.05, 0) is 55.7 Å². The summed E-state index contributed by atoms with van der Waals surface area (Å²) in [6.07, 6.45) is 3.41. The summed E-state index contributed by atoms with van der Waals surface area (Å²) in [5, 5.41) is 3.79. The van der Waals surface area contributed by atoms with Crippen molar-refractivity contribution in [3.05, 3.63) is 65.6 Å². The van der Waals surface area contributed by atoms with Crippen LogP contribution in [-0.4, -0.2) is 10.9 Å². The number of aromatic amines is 1. The number of rotatable bonds is 3. The minimum Gasteiger partial charge on any atom is -0.361 e. The number of anilines is 1. The molecule has 1 aliphatic carbocycles. The zero-order valence-corrected chi connectivity index (χ0v) is 12.8. The second kappa shape index (κ2) is 4.95. The molecule has 1 saturated carbocycles. The first kappa shape index (κ1) is 14.0. The van der Waals surface area contributed by atoms with Crippen LogP contribution < -0.4 is 5.32 Å². The van der Waals surface area contributed by atoms with E-state index in [2.05, 4.69) is 10.3 Å². The molecule has 1 fully saturated rings. The molecule has 0 saturated heterocycles. The molecule has 1 heterocycles. The van der Waals surface area contributed by atoms with Gasteiger partial charge in [0, 0.05) is 22.8 Å². The van der Waals surface area contributed by atoms with Gasteiger partial charge in [0.1, 0.15) is 5.82 Å². The van der Waals surface area contributed by atoms with Gasteiger partial charge in [0.2, 0.25) is 5.91 Å². The molecule has 2 aromatic carbocycles. The Kier molecular flexibility index (Phi) is 3.01. The number of carbonyl (C=O) groups excluding carboxylic acids is 1. The fourth-order valence-electron chi connectivity index (χ4n) is 3.12. The minimum atomic E-state index is -0.545. The molecule has 4 heteroatoms. The van der Waals surface area contributed by atoms with Crippen molar-refractivity contribution in [1.82, 2.24) is 4.98 Å². The lowest BCUT2D eigenvalue weighted by molar-refractivity contribution is -0.118. The summed E-state index contributed by atoms with van der Waals surface area (Å²) in [7, 11) is 0. The van der Waals surface area contributed by atoms with Crippen molar-refractivity contribution in [3.8, 4) is 0 Å². The normalized spacial score (nSPS) is 15.6. The van der Waals surface area contributed by atoms with Gasteiger partial charge in [0.15, 0.2) is 0 Å². The average Bonchev–Trinajstić information content (AvgIpc) is 3.24. The fraction of sp³-hybridized carbons (Fsp3) is 0.211. The molecule has 4 rings (SSSR count). The van der Waals surface area contributed by atoms with E-state index in [1.54, 1.807) is 6.07 Å². The molecule has 0 unspecified atom stereocenters. The highest BCUT2D eigenvalue weighted by atomic mass is 19.1. The molecule has 2 N–H and O–H groups in total. The monoisotopic (exact) mass is 308 g/mol. The predicted octanol–water partition coefficient (Wildman–Crippen LogP) is 4.29. The largest absolute Gasteiger partial charge is 0.361 e. The Morgan fingerprint density at radius 1 is 1.17 bits per heavy atom. The molecule has 116 valence electrons. The molecule has 3 nitrogen and oxygen atoms in total. The van der Waals surface area contributed by atoms with E-state index < -0.39 is 5.41 Å². The Balaban J connectivity index is 1.68. The third kappa shape index (κ3) is 2.31. The summed E-state index contributed by atoms with van der Waals surface area (Å²) < 4.78 is 13.6. The highest BCUT2D eigenvalue weighted by Gasteiger charge is 2.52. The second-order valence-corrected chi connectivity index (χ2v) is 6.29. The van der Waals surface area contributed by atoms with Crippen LogP contribution in [0.3, 0.4) is 0 Å². The Morgan fingerprint density at radius 2 is 1.91 bits per heavy atom. The summed E-state index contributed by atoms with van der Waals surface area (Å²) in [5.74, 6) is -0.306. The van der Waals surface area contributed by atoms with Crippen LogP contribution in [-0.2, 0) is 10.2 Å². The molecule has 0 atom stereocenters. The number of aryl methyl sites for hydroxylation is 1. The fourth-order valence-corrected chi connectivity index (χ4v) is 3.12. The number of hydrogen-bond acceptors (Lipinski definition) is 1. The van der Waals surface area contributed by atoms with Gasteiger partial charge in [-0.2, -0.15) is 0 Å². The van der Waals surface area contributed by atoms with E-state index in [0.29, 0.717) is 0 Å². The zero-order chi connectivity index (χ0) is 16.0. The van der Waals surface area contributed by atoms with Crippen LogP contribution in [0.25, 0.3) is 10.9 Å². The van der Waals surface area contributed by atoms with E-state index in [9.17, 15) is 9.18 Å². The van der Waals surface area contributed by atoms with E-state index in [1.165, 1.54) is 12.1 Å². The van der Waals surface area contributed by atoms with Gasteiger partial charge < -0.3 is 10.3 Å². The number of aromatic nitrogens is 1. The van der Waals surface area contributed by atoms with Crippen LogP contribution in [0.2, 0.25) is 0 Å². The first-order chi connectivity index (χ1) is 11.1. The van der Waals surface area contributed by atoms with Crippen LogP contribution in [0, 0.1) is 12.7 Å². The lowest BCUT2D eigenvalue weighted by Gasteiger charge is -2.15. The summed E-state index contributed by atoms with van der Waals surface area (Å²) in [4.78, 5) is 15.9. The van der Waals surface area contributed by atoms with Crippen molar-refractivity contribution in [2.24, 2.45) is 0 Å². The maximum atomic E-state index is 13.6. The molecule has 0 aliphatic heterocycles. The third-order valence-electron chi connectivity index (χ3n) is 4.65. The molecule has 1 aromatic heterocycles. The molecule has 0 radical (unpaired) electrons. The average molecular weight is 308 g/mol. The van der Waals surface area contributed by atoms with E-state index >= 15 is 0 Å². The van der Waals surface area contributed by atoms with Gasteiger partial charge in [0.25, 0.3) is 0 Å². The minimum absolute atomic E-state index is 0.0217. The van der Waals surface area contributed by atoms with E-state index in [1.807, 2.05) is 37.4 Å². The molecular weight excluding hydrogens is 291 g/mol. The Labute approximate surface area is 133 Å². The van der Waals surface area contributed by atoms with Crippen molar-refractivity contribution in [2.75, 3.05) is 5.32 Å². The van der Waals surface area contributed by atoms with Crippen molar-refractivity contribution in [1.29, 1.82) is 0 Å². The molecule has 23 heavy (non-hydrogen) atoms. The van der Waals surface area contributed by atoms with E-state index in [-0.39, 0.29) is 11.7 Å². The maximum absolute atomic E-state index is 13.6. The van der Waals surface area contributed by atoms with Crippen molar-refractivity contribution < 1.29 is 9.18 Å². The lowest BCUT2D eigenvalue weighted by atomic mass is 9.94. The highest BCUT2D eigenvalue weighted by Crippen LogP contribution is 2.51. The van der Waals surface area contributed by atoms with Gasteiger partial charge in [-0.3, -0.25) is 4.79 Å². The van der Waals surface area contributed by atoms with E-state index in [0.717, 1.165) is 40.6 Å². The summed E-state index contributed by atoms with van der Waals surface area (Å²) in [6.45, 7) is 2.01. The first-order valence-corrected chi connectivity index (χ1v) is 7.74. The molecule has 0 bridgehead atoms. The summed E-state index contributed by atoms with van der Waals surface area (Å²) >= 11 is 0. The standard InChI is InChI=1S/C19H17FN2O/c1-12-2-5-14(6-3-12)22-18(23)19(8-9-19)16-11-21-17-7-4-13(20)10-15(16)17/h2-7,10-11,21H,8-9H2,1H3,(H,22,23). The number of amides is 1. The quantitative estimate of drug-likeness (QED) is 0.745. The van der Waals surface area contributed by atoms with Crippen LogP contribution in [0.5, 0.6) is 0 Å². The number of fused-ring (bicyclic) bond motifs is 1. The molecule has 1 aliphatic rings. The molecular formula is C19H17FN2O. The Bertz CT molecular complexity index is 891. The number of nitrogens with one attached hydrogen (secondary N) is 2. The lowest BCUT2D eigenvalue weighted by Crippen LogP contribution is -2.27. The zero-order valence-electron chi connectivity index (χ0n) is 12.8. The number of benzene rings is 2. The van der Waals surface area contributed by atoms with Crippen LogP contribution >= 0.6 is 0 Å². The van der Waals surface area contributed by atoms with Gasteiger partial charge in [-0.25, -0.2) is 4.39 Å². The van der Waals surface area contributed by atoms with Gasteiger partial charge in [-0.1, -0.05) is 17.7 Å². The summed E-state index contributed by atoms with van der Waals surface area (Å²) in [5.41, 5.74) is 3.14. The van der Waals surface area contributed by atoms with Crippen LogP contribution in [0.1, 0.15) is 24.0 Å². The van der Waals surface area contributed by atoms with Gasteiger partial charge in [0.05, 0.1) is 5.41 Å². The SMILES string of the molecule is Cc1ccc(NC(=O)C2(c3c[nH]c4ccc(F)cc34)CC2)cc1. The van der Waals surface area contributed by atoms with Crippen molar-refractivity contribution in [3.63, 3.8) is 0 Å². The van der Waals surface area contributed by atoms with Crippen molar-refractivity contribution >= 4 is 22.5 Å². The Morgan fingerprint density at radius 3 is 2.61 bits per heavy atom. The first-order valence-electron chi connectivity index (χ1n) is 7.74. The number of halogens is 1. The van der Waals surface area contributed by atoms with Gasteiger partial charge in [-0.15, -0.1) is 0 Å². The topological polar surface area (TPSA) is 44.9 Å². The number of hydrogen-bond donors (Lipinski definition) is 2. The maximum Gasteiger partial charge on any atom is 0.235 e. The smallest absolute Gasteiger partial charge is 0.235 e. The number of carbonyl (C=O) groups is 1. The van der Waals surface area contributed by atoms with Gasteiger partial charge >= 0.3 is 0 Å². The van der Waals surface area contributed by atoms with Crippen molar-refractivity contribution in [2.45, 2.75) is 25.2 Å². The summed E-state index contributed by atoms with van der Waals surface area (Å²) in [6, 6.07) is 12.4. The Hall–Kier alpha value is -2.62. The number of H-pyrrole nitrogens is 1. The molecule has 3 aromatic rings. The van der Waals surface area contributed by atoms with Crippen LogP contribution in [0.4, 0.5) is 10.1 Å². The highest BCUT2D eigenvalue weighted by molar-refractivity contribution is 6.04. The molecule has 1 amide bonds. The predicted molar refractivity (Wildman–Crippen MR) is 89.0 cm³/mol. The van der Waals surface area contributed by atoms with E-state index in [4.69, 9.17) is 0 Å². The third-order valence-corrected chi connectivity index (χ3v) is 4.65. The molecule has 0 spiro atoms.